The van der Waals surface area contributed by atoms with Gasteiger partial charge in [0, 0.05) is 24.2 Å². The Bertz CT molecular complexity index is 378. The fraction of sp³-hybridized carbons (Fsp3) is 0.462. The van der Waals surface area contributed by atoms with Crippen molar-refractivity contribution in [1.29, 1.82) is 0 Å². The predicted octanol–water partition coefficient (Wildman–Crippen LogP) is 2.28. The number of hydrogen-bond donors (Lipinski definition) is 2. The number of nitrogens with one attached hydrogen (secondary N) is 1. The number of ether oxygens (including phenoxy) is 1. The third kappa shape index (κ3) is 4.07. The lowest BCUT2D eigenvalue weighted by molar-refractivity contribution is -0.116. The van der Waals surface area contributed by atoms with Crippen molar-refractivity contribution in [3.05, 3.63) is 23.8 Å². The number of benzene rings is 1. The van der Waals surface area contributed by atoms with E-state index in [0.29, 0.717) is 19.6 Å². The van der Waals surface area contributed by atoms with Crippen molar-refractivity contribution >= 4 is 11.6 Å². The summed E-state index contributed by atoms with van der Waals surface area (Å²) >= 11 is 0. The lowest BCUT2D eigenvalue weighted by Crippen LogP contribution is -2.11. The third-order valence-corrected chi connectivity index (χ3v) is 2.34. The van der Waals surface area contributed by atoms with E-state index in [0.717, 1.165) is 23.4 Å². The van der Waals surface area contributed by atoms with Crippen LogP contribution in [0.3, 0.4) is 0 Å². The molecule has 0 saturated carbocycles. The van der Waals surface area contributed by atoms with Crippen LogP contribution >= 0.6 is 0 Å². The molecular weight excluding hydrogens is 216 g/mol. The van der Waals surface area contributed by atoms with Crippen LogP contribution in [0.1, 0.15) is 32.3 Å². The van der Waals surface area contributed by atoms with Crippen LogP contribution in [-0.2, 0) is 11.3 Å². The van der Waals surface area contributed by atoms with Gasteiger partial charge in [-0.25, -0.2) is 0 Å². The highest BCUT2D eigenvalue weighted by atomic mass is 16.5. The van der Waals surface area contributed by atoms with Crippen molar-refractivity contribution < 1.29 is 9.53 Å². The second-order valence-corrected chi connectivity index (χ2v) is 3.76. The summed E-state index contributed by atoms with van der Waals surface area (Å²) in [6.45, 7) is 4.90. The molecule has 0 heterocycles. The Hall–Kier alpha value is -1.55. The molecule has 0 bridgehead atoms. The molecule has 0 atom stereocenters. The Kier molecular flexibility index (Phi) is 5.49. The molecule has 0 aliphatic heterocycles. The zero-order chi connectivity index (χ0) is 12.7. The number of carbonyl (C=O) groups excluding carboxylic acids is 1. The Morgan fingerprint density at radius 3 is 2.76 bits per heavy atom. The first-order valence-electron chi connectivity index (χ1n) is 5.96. The Morgan fingerprint density at radius 1 is 1.41 bits per heavy atom. The minimum absolute atomic E-state index is 0.0274. The second kappa shape index (κ2) is 6.91. The first kappa shape index (κ1) is 13.5. The summed E-state index contributed by atoms with van der Waals surface area (Å²) < 4.78 is 5.44. The van der Waals surface area contributed by atoms with E-state index in [4.69, 9.17) is 10.5 Å². The van der Waals surface area contributed by atoms with Crippen LogP contribution in [0.2, 0.25) is 0 Å². The zero-order valence-electron chi connectivity index (χ0n) is 10.5. The van der Waals surface area contributed by atoms with Crippen LogP contribution in [0.25, 0.3) is 0 Å². The van der Waals surface area contributed by atoms with Crippen molar-refractivity contribution in [3.63, 3.8) is 0 Å². The molecule has 1 aromatic carbocycles. The summed E-state index contributed by atoms with van der Waals surface area (Å²) in [5.41, 5.74) is 7.32. The Balaban J connectivity index is 2.78. The number of hydrogen-bond acceptors (Lipinski definition) is 3. The third-order valence-electron chi connectivity index (χ3n) is 2.34. The summed E-state index contributed by atoms with van der Waals surface area (Å²) in [7, 11) is 0. The number of rotatable bonds is 6. The van der Waals surface area contributed by atoms with Crippen LogP contribution in [0.15, 0.2) is 18.2 Å². The molecule has 0 radical (unpaired) electrons. The quantitative estimate of drug-likeness (QED) is 0.796. The fourth-order valence-electron chi connectivity index (χ4n) is 1.56. The van der Waals surface area contributed by atoms with Crippen molar-refractivity contribution in [2.75, 3.05) is 11.9 Å². The standard InChI is InChI=1S/C13H20N2O2/c1-3-5-13(16)15-11-6-7-12(17-4-2)10(8-11)9-14/h6-8H,3-5,9,14H2,1-2H3,(H,15,16). The van der Waals surface area contributed by atoms with E-state index in [1.807, 2.05) is 32.0 Å². The number of carbonyl (C=O) groups is 1. The predicted molar refractivity (Wildman–Crippen MR) is 69.0 cm³/mol. The molecule has 17 heavy (non-hydrogen) atoms. The first-order chi connectivity index (χ1) is 8.21. The van der Waals surface area contributed by atoms with E-state index in [-0.39, 0.29) is 5.91 Å². The summed E-state index contributed by atoms with van der Waals surface area (Å²) in [6, 6.07) is 5.53. The van der Waals surface area contributed by atoms with Gasteiger partial charge in [0.25, 0.3) is 0 Å². The second-order valence-electron chi connectivity index (χ2n) is 3.76. The van der Waals surface area contributed by atoms with E-state index in [2.05, 4.69) is 5.32 Å². The van der Waals surface area contributed by atoms with Crippen LogP contribution in [0.4, 0.5) is 5.69 Å². The van der Waals surface area contributed by atoms with Gasteiger partial charge in [-0.15, -0.1) is 0 Å². The van der Waals surface area contributed by atoms with Gasteiger partial charge in [-0.1, -0.05) is 6.92 Å². The van der Waals surface area contributed by atoms with Gasteiger partial charge in [-0.2, -0.15) is 0 Å². The van der Waals surface area contributed by atoms with Gasteiger partial charge in [0.15, 0.2) is 0 Å². The Labute approximate surface area is 102 Å². The summed E-state index contributed by atoms with van der Waals surface area (Å²) in [5, 5.41) is 2.84. The molecule has 1 amide bonds. The molecule has 0 aliphatic carbocycles. The van der Waals surface area contributed by atoms with Gasteiger partial charge in [0.1, 0.15) is 5.75 Å². The van der Waals surface area contributed by atoms with Gasteiger partial charge >= 0.3 is 0 Å². The van der Waals surface area contributed by atoms with Crippen molar-refractivity contribution in [1.82, 2.24) is 0 Å². The van der Waals surface area contributed by atoms with E-state index in [1.165, 1.54) is 0 Å². The molecule has 0 spiro atoms. The highest BCUT2D eigenvalue weighted by Gasteiger charge is 2.05. The van der Waals surface area contributed by atoms with E-state index in [9.17, 15) is 4.79 Å². The molecule has 0 aromatic heterocycles. The fourth-order valence-corrected chi connectivity index (χ4v) is 1.56. The molecular formula is C13H20N2O2. The van der Waals surface area contributed by atoms with Crippen molar-refractivity contribution in [3.8, 4) is 5.75 Å². The van der Waals surface area contributed by atoms with Gasteiger partial charge < -0.3 is 15.8 Å². The van der Waals surface area contributed by atoms with Gasteiger partial charge in [0.2, 0.25) is 5.91 Å². The van der Waals surface area contributed by atoms with Crippen LogP contribution in [-0.4, -0.2) is 12.5 Å². The molecule has 1 aromatic rings. The van der Waals surface area contributed by atoms with Crippen molar-refractivity contribution in [2.24, 2.45) is 5.73 Å². The highest BCUT2D eigenvalue weighted by Crippen LogP contribution is 2.22. The topological polar surface area (TPSA) is 64.3 Å². The van der Waals surface area contributed by atoms with Crippen LogP contribution < -0.4 is 15.8 Å². The number of amides is 1. The molecule has 94 valence electrons. The molecule has 4 heteroatoms. The smallest absolute Gasteiger partial charge is 0.224 e. The van der Waals surface area contributed by atoms with Gasteiger partial charge in [-0.05, 0) is 31.5 Å². The van der Waals surface area contributed by atoms with E-state index >= 15 is 0 Å². The summed E-state index contributed by atoms with van der Waals surface area (Å²) in [4.78, 5) is 11.4. The maximum Gasteiger partial charge on any atom is 0.224 e. The number of anilines is 1. The van der Waals surface area contributed by atoms with E-state index in [1.54, 1.807) is 0 Å². The lowest BCUT2D eigenvalue weighted by Gasteiger charge is -2.11. The molecule has 0 saturated heterocycles. The Morgan fingerprint density at radius 2 is 2.18 bits per heavy atom. The summed E-state index contributed by atoms with van der Waals surface area (Å²) in [6.07, 6.45) is 1.37. The van der Waals surface area contributed by atoms with Gasteiger partial charge in [0.05, 0.1) is 6.61 Å². The molecule has 4 nitrogen and oxygen atoms in total. The minimum Gasteiger partial charge on any atom is -0.494 e. The van der Waals surface area contributed by atoms with Gasteiger partial charge in [-0.3, -0.25) is 4.79 Å². The largest absolute Gasteiger partial charge is 0.494 e. The average molecular weight is 236 g/mol. The average Bonchev–Trinajstić information content (AvgIpc) is 2.31. The zero-order valence-corrected chi connectivity index (χ0v) is 10.5. The molecule has 0 fully saturated rings. The molecule has 0 aliphatic rings. The maximum atomic E-state index is 11.4. The number of nitrogens with two attached hydrogens (primary N) is 1. The normalized spacial score (nSPS) is 10.1. The monoisotopic (exact) mass is 236 g/mol. The highest BCUT2D eigenvalue weighted by molar-refractivity contribution is 5.90. The summed E-state index contributed by atoms with van der Waals surface area (Å²) in [5.74, 6) is 0.808. The molecule has 0 unspecified atom stereocenters. The SMILES string of the molecule is CCCC(=O)Nc1ccc(OCC)c(CN)c1. The van der Waals surface area contributed by atoms with Crippen LogP contribution in [0, 0.1) is 0 Å². The minimum atomic E-state index is 0.0274. The van der Waals surface area contributed by atoms with Crippen LogP contribution in [0.5, 0.6) is 5.75 Å². The van der Waals surface area contributed by atoms with E-state index < -0.39 is 0 Å². The molecule has 3 N–H and O–H groups in total. The first-order valence-corrected chi connectivity index (χ1v) is 5.96. The lowest BCUT2D eigenvalue weighted by atomic mass is 10.1. The van der Waals surface area contributed by atoms with Crippen molar-refractivity contribution in [2.45, 2.75) is 33.2 Å². The maximum absolute atomic E-state index is 11.4. The molecule has 1 rings (SSSR count).